The van der Waals surface area contributed by atoms with Crippen molar-refractivity contribution < 1.29 is 19.4 Å². The van der Waals surface area contributed by atoms with E-state index < -0.39 is 6.16 Å². The van der Waals surface area contributed by atoms with E-state index in [1.165, 1.54) is 11.3 Å². The molecule has 0 spiro atoms. The Morgan fingerprint density at radius 1 is 1.35 bits per heavy atom. The van der Waals surface area contributed by atoms with Crippen molar-refractivity contribution in [3.63, 3.8) is 0 Å². The van der Waals surface area contributed by atoms with Crippen LogP contribution in [0.5, 0.6) is 5.06 Å². The minimum absolute atomic E-state index is 0.00459. The van der Waals surface area contributed by atoms with E-state index >= 15 is 0 Å². The molecule has 0 aliphatic heterocycles. The lowest BCUT2D eigenvalue weighted by atomic mass is 9.82. The lowest BCUT2D eigenvalue weighted by molar-refractivity contribution is -0.123. The maximum Gasteiger partial charge on any atom is 0.512 e. The highest BCUT2D eigenvalue weighted by Gasteiger charge is 2.32. The summed E-state index contributed by atoms with van der Waals surface area (Å²) in [6, 6.07) is 1.69. The van der Waals surface area contributed by atoms with Gasteiger partial charge < -0.3 is 14.7 Å². The highest BCUT2D eigenvalue weighted by molar-refractivity contribution is 9.11. The van der Waals surface area contributed by atoms with E-state index in [1.54, 1.807) is 11.0 Å². The molecule has 0 aromatic carbocycles. The zero-order valence-electron chi connectivity index (χ0n) is 13.5. The van der Waals surface area contributed by atoms with Crippen molar-refractivity contribution in [2.24, 2.45) is 11.8 Å². The molecule has 0 unspecified atom stereocenters. The SMILES string of the molecule is CC(C)N(c1cc(Br)sc1OC(=O)O)C(=O)[C@H]1CC[C@H](C)CC1. The second kappa shape index (κ2) is 7.66. The van der Waals surface area contributed by atoms with Gasteiger partial charge in [-0.15, -0.1) is 0 Å². The number of thiophene rings is 1. The predicted molar refractivity (Wildman–Crippen MR) is 94.4 cm³/mol. The van der Waals surface area contributed by atoms with E-state index in [0.29, 0.717) is 11.6 Å². The van der Waals surface area contributed by atoms with Gasteiger partial charge in [-0.25, -0.2) is 4.79 Å². The molecule has 1 aliphatic rings. The van der Waals surface area contributed by atoms with Crippen LogP contribution in [-0.2, 0) is 4.79 Å². The predicted octanol–water partition coefficient (Wildman–Crippen LogP) is 5.14. The summed E-state index contributed by atoms with van der Waals surface area (Å²) < 4.78 is 5.60. The molecule has 1 aromatic heterocycles. The molecule has 1 saturated carbocycles. The van der Waals surface area contributed by atoms with Gasteiger partial charge in [0.1, 0.15) is 0 Å². The van der Waals surface area contributed by atoms with Crippen LogP contribution in [0.1, 0.15) is 46.5 Å². The second-order valence-electron chi connectivity index (χ2n) is 6.35. The number of carbonyl (C=O) groups is 2. The quantitative estimate of drug-likeness (QED) is 0.706. The van der Waals surface area contributed by atoms with Gasteiger partial charge in [-0.2, -0.15) is 0 Å². The second-order valence-corrected chi connectivity index (χ2v) is 8.74. The Balaban J connectivity index is 2.28. The maximum atomic E-state index is 13.0. The molecule has 0 radical (unpaired) electrons. The number of ether oxygens (including phenoxy) is 1. The fourth-order valence-corrected chi connectivity index (χ4v) is 4.39. The summed E-state index contributed by atoms with van der Waals surface area (Å²) in [5.41, 5.74) is 0.530. The Bertz CT molecular complexity index is 579. The molecular formula is C16H22BrNO4S. The van der Waals surface area contributed by atoms with Gasteiger partial charge in [0.15, 0.2) is 0 Å². The zero-order valence-corrected chi connectivity index (χ0v) is 15.9. The highest BCUT2D eigenvalue weighted by Crippen LogP contribution is 2.43. The minimum Gasteiger partial charge on any atom is -0.449 e. The summed E-state index contributed by atoms with van der Waals surface area (Å²) in [5, 5.41) is 9.14. The van der Waals surface area contributed by atoms with Gasteiger partial charge in [-0.3, -0.25) is 4.79 Å². The highest BCUT2D eigenvalue weighted by atomic mass is 79.9. The van der Waals surface area contributed by atoms with Crippen LogP contribution in [0.25, 0.3) is 0 Å². The molecule has 7 heteroatoms. The number of carboxylic acid groups (broad SMARTS) is 1. The first-order chi connectivity index (χ1) is 10.8. The largest absolute Gasteiger partial charge is 0.512 e. The first-order valence-corrected chi connectivity index (χ1v) is 9.43. The van der Waals surface area contributed by atoms with Crippen LogP contribution in [0, 0.1) is 11.8 Å². The van der Waals surface area contributed by atoms with Gasteiger partial charge in [-0.1, -0.05) is 18.3 Å². The minimum atomic E-state index is -1.37. The number of hydrogen-bond donors (Lipinski definition) is 1. The molecule has 1 aromatic rings. The number of halogens is 1. The zero-order chi connectivity index (χ0) is 17.1. The Hall–Kier alpha value is -1.08. The van der Waals surface area contributed by atoms with E-state index in [1.807, 2.05) is 13.8 Å². The van der Waals surface area contributed by atoms with Crippen molar-refractivity contribution in [2.45, 2.75) is 52.5 Å². The first-order valence-electron chi connectivity index (χ1n) is 7.82. The summed E-state index contributed by atoms with van der Waals surface area (Å²) in [4.78, 5) is 25.6. The summed E-state index contributed by atoms with van der Waals surface area (Å²) >= 11 is 4.52. The summed E-state index contributed by atoms with van der Waals surface area (Å²) in [6.07, 6.45) is 2.54. The molecule has 128 valence electrons. The van der Waals surface area contributed by atoms with Crippen LogP contribution in [0.3, 0.4) is 0 Å². The third-order valence-corrected chi connectivity index (χ3v) is 5.71. The van der Waals surface area contributed by atoms with Crippen molar-refractivity contribution in [1.82, 2.24) is 0 Å². The van der Waals surface area contributed by atoms with Crippen LogP contribution >= 0.6 is 27.3 Å². The van der Waals surface area contributed by atoms with Crippen molar-refractivity contribution in [3.05, 3.63) is 9.85 Å². The van der Waals surface area contributed by atoms with Gasteiger partial charge in [0, 0.05) is 12.0 Å². The number of carbonyl (C=O) groups excluding carboxylic acids is 1. The molecule has 1 fully saturated rings. The topological polar surface area (TPSA) is 66.8 Å². The smallest absolute Gasteiger partial charge is 0.449 e. The number of anilines is 1. The van der Waals surface area contributed by atoms with E-state index in [0.717, 1.165) is 29.5 Å². The Morgan fingerprint density at radius 2 is 1.96 bits per heavy atom. The Kier molecular flexibility index (Phi) is 6.08. The van der Waals surface area contributed by atoms with E-state index in [9.17, 15) is 9.59 Å². The summed E-state index contributed by atoms with van der Waals surface area (Å²) in [5.74, 6) is 0.741. The standard InChI is InChI=1S/C16H22BrNO4S/c1-9(2)18(14(19)11-6-4-10(3)5-7-11)12-8-13(17)23-15(12)22-16(20)21/h8-11H,4-7H2,1-3H3,(H,20,21)/t10-,11-. The molecule has 1 amide bonds. The van der Waals surface area contributed by atoms with Crippen molar-refractivity contribution in [3.8, 4) is 5.06 Å². The average molecular weight is 404 g/mol. The summed E-state index contributed by atoms with van der Waals surface area (Å²) in [6.45, 7) is 6.08. The molecular weight excluding hydrogens is 382 g/mol. The van der Waals surface area contributed by atoms with Crippen LogP contribution in [-0.4, -0.2) is 23.2 Å². The average Bonchev–Trinajstić information content (AvgIpc) is 2.79. The van der Waals surface area contributed by atoms with E-state index in [-0.39, 0.29) is 22.9 Å². The molecule has 0 atom stereocenters. The Labute approximate surface area is 148 Å². The molecule has 1 heterocycles. The van der Waals surface area contributed by atoms with Crippen molar-refractivity contribution in [1.29, 1.82) is 0 Å². The number of hydrogen-bond acceptors (Lipinski definition) is 4. The third-order valence-electron chi connectivity index (χ3n) is 4.21. The van der Waals surface area contributed by atoms with Gasteiger partial charge >= 0.3 is 6.16 Å². The molecule has 5 nitrogen and oxygen atoms in total. The maximum absolute atomic E-state index is 13.0. The fraction of sp³-hybridized carbons (Fsp3) is 0.625. The lowest BCUT2D eigenvalue weighted by Gasteiger charge is -2.33. The number of rotatable bonds is 4. The number of nitrogens with zero attached hydrogens (tertiary/aromatic N) is 1. The molecule has 2 rings (SSSR count). The molecule has 1 aliphatic carbocycles. The monoisotopic (exact) mass is 403 g/mol. The van der Waals surface area contributed by atoms with Crippen molar-refractivity contribution in [2.75, 3.05) is 4.90 Å². The van der Waals surface area contributed by atoms with Crippen LogP contribution in [0.4, 0.5) is 10.5 Å². The lowest BCUT2D eigenvalue weighted by Crippen LogP contribution is -2.42. The van der Waals surface area contributed by atoms with Crippen LogP contribution < -0.4 is 9.64 Å². The van der Waals surface area contributed by atoms with Crippen LogP contribution in [0.2, 0.25) is 0 Å². The van der Waals surface area contributed by atoms with Gasteiger partial charge in [0.05, 0.1) is 9.47 Å². The Morgan fingerprint density at radius 3 is 2.48 bits per heavy atom. The number of amides is 1. The van der Waals surface area contributed by atoms with Gasteiger partial charge in [0.25, 0.3) is 0 Å². The molecule has 0 saturated heterocycles. The van der Waals surface area contributed by atoms with Gasteiger partial charge in [-0.05, 0) is 67.4 Å². The fourth-order valence-electron chi connectivity index (χ4n) is 3.01. The molecule has 0 bridgehead atoms. The molecule has 1 N–H and O–H groups in total. The van der Waals surface area contributed by atoms with Gasteiger partial charge in [0.2, 0.25) is 11.0 Å². The molecule has 23 heavy (non-hydrogen) atoms. The summed E-state index contributed by atoms with van der Waals surface area (Å²) in [7, 11) is 0. The van der Waals surface area contributed by atoms with E-state index in [4.69, 9.17) is 9.84 Å². The third kappa shape index (κ3) is 4.47. The van der Waals surface area contributed by atoms with E-state index in [2.05, 4.69) is 22.9 Å². The van der Waals surface area contributed by atoms with Crippen molar-refractivity contribution >= 4 is 45.0 Å². The van der Waals surface area contributed by atoms with Crippen LogP contribution in [0.15, 0.2) is 9.85 Å². The normalized spacial score (nSPS) is 21.3. The first kappa shape index (κ1) is 18.3.